The summed E-state index contributed by atoms with van der Waals surface area (Å²) in [5.74, 6) is -2.19. The van der Waals surface area contributed by atoms with Gasteiger partial charge in [0.1, 0.15) is 6.61 Å². The molecule has 5 nitrogen and oxygen atoms in total. The van der Waals surface area contributed by atoms with E-state index in [0.29, 0.717) is 16.5 Å². The van der Waals surface area contributed by atoms with Gasteiger partial charge in [-0.2, -0.15) is 13.2 Å². The van der Waals surface area contributed by atoms with Crippen molar-refractivity contribution in [2.24, 2.45) is 0 Å². The average Bonchev–Trinajstić information content (AvgIpc) is 2.91. The second-order valence-corrected chi connectivity index (χ2v) is 8.92. The monoisotopic (exact) mass is 496 g/mol. The Balaban J connectivity index is 1.47. The number of hydrogen-bond acceptors (Lipinski definition) is 4. The Hall–Kier alpha value is -3.68. The summed E-state index contributed by atoms with van der Waals surface area (Å²) in [5, 5.41) is 0. The molecular weight excluding hydrogens is 469 g/mol. The number of halogens is 3. The molecule has 0 N–H and O–H groups in total. The summed E-state index contributed by atoms with van der Waals surface area (Å²) in [5.41, 5.74) is 2.41. The van der Waals surface area contributed by atoms with E-state index in [2.05, 4.69) is 4.98 Å². The van der Waals surface area contributed by atoms with E-state index in [1.54, 1.807) is 12.3 Å². The lowest BCUT2D eigenvalue weighted by Crippen LogP contribution is -2.41. The van der Waals surface area contributed by atoms with Gasteiger partial charge in [0.25, 0.3) is 0 Å². The first-order valence-corrected chi connectivity index (χ1v) is 12.0. The first-order valence-electron chi connectivity index (χ1n) is 12.0. The average molecular weight is 497 g/mol. The highest BCUT2D eigenvalue weighted by atomic mass is 19.4. The molecule has 0 atom stereocenters. The SMILES string of the molecule is O=C(OCc1ccccc1)c1ccc(N(Cc2ccc(C3CCCCC3)cn2)C(=O)C(F)(F)F)cc1. The number of esters is 1. The Morgan fingerprint density at radius 1 is 0.917 bits per heavy atom. The topological polar surface area (TPSA) is 59.5 Å². The molecule has 1 aliphatic rings. The van der Waals surface area contributed by atoms with Gasteiger partial charge in [-0.1, -0.05) is 55.7 Å². The van der Waals surface area contributed by atoms with Gasteiger partial charge in [-0.05, 0) is 60.2 Å². The minimum absolute atomic E-state index is 0.00934. The van der Waals surface area contributed by atoms with E-state index < -0.39 is 18.1 Å². The maximum atomic E-state index is 13.4. The van der Waals surface area contributed by atoms with Gasteiger partial charge in [-0.3, -0.25) is 14.7 Å². The molecule has 1 heterocycles. The lowest BCUT2D eigenvalue weighted by Gasteiger charge is -2.24. The van der Waals surface area contributed by atoms with E-state index in [9.17, 15) is 22.8 Å². The van der Waals surface area contributed by atoms with Crippen molar-refractivity contribution in [1.82, 2.24) is 4.98 Å². The largest absolute Gasteiger partial charge is 0.471 e. The van der Waals surface area contributed by atoms with Crippen LogP contribution in [0.2, 0.25) is 0 Å². The molecule has 1 amide bonds. The van der Waals surface area contributed by atoms with Gasteiger partial charge in [-0.25, -0.2) is 4.79 Å². The Kier molecular flexibility index (Phi) is 8.03. The van der Waals surface area contributed by atoms with Crippen molar-refractivity contribution in [1.29, 1.82) is 0 Å². The minimum atomic E-state index is -5.06. The second-order valence-electron chi connectivity index (χ2n) is 8.92. The number of carbonyl (C=O) groups excluding carboxylic acids is 2. The van der Waals surface area contributed by atoms with E-state index in [1.165, 1.54) is 30.7 Å². The zero-order chi connectivity index (χ0) is 25.5. The Bertz CT molecular complexity index is 1160. The van der Waals surface area contributed by atoms with Gasteiger partial charge in [-0.15, -0.1) is 0 Å². The van der Waals surface area contributed by atoms with Crippen LogP contribution in [0.25, 0.3) is 0 Å². The van der Waals surface area contributed by atoms with Crippen molar-refractivity contribution in [2.45, 2.75) is 57.3 Å². The number of carbonyl (C=O) groups is 2. The molecule has 1 aliphatic carbocycles. The summed E-state index contributed by atoms with van der Waals surface area (Å²) in [6, 6.07) is 18.0. The second kappa shape index (κ2) is 11.4. The summed E-state index contributed by atoms with van der Waals surface area (Å²) in [7, 11) is 0. The molecule has 4 rings (SSSR count). The number of amides is 1. The molecule has 0 bridgehead atoms. The zero-order valence-corrected chi connectivity index (χ0v) is 19.7. The summed E-state index contributed by atoms with van der Waals surface area (Å²) in [4.78, 5) is 29.6. The number of nitrogens with zero attached hydrogens (tertiary/aromatic N) is 2. The third-order valence-electron chi connectivity index (χ3n) is 6.36. The molecule has 0 aliphatic heterocycles. The number of benzene rings is 2. The van der Waals surface area contributed by atoms with Crippen LogP contribution in [-0.2, 0) is 22.7 Å². The molecule has 0 radical (unpaired) electrons. The van der Waals surface area contributed by atoms with Crippen LogP contribution in [0.5, 0.6) is 0 Å². The smallest absolute Gasteiger partial charge is 0.457 e. The number of anilines is 1. The predicted octanol–water partition coefficient (Wildman–Crippen LogP) is 6.58. The van der Waals surface area contributed by atoms with E-state index in [4.69, 9.17) is 4.74 Å². The number of rotatable bonds is 7. The lowest BCUT2D eigenvalue weighted by atomic mass is 9.85. The van der Waals surface area contributed by atoms with Crippen molar-refractivity contribution in [2.75, 3.05) is 4.90 Å². The zero-order valence-electron chi connectivity index (χ0n) is 19.7. The van der Waals surface area contributed by atoms with Crippen LogP contribution >= 0.6 is 0 Å². The van der Waals surface area contributed by atoms with Crippen molar-refractivity contribution in [3.63, 3.8) is 0 Å². The van der Waals surface area contributed by atoms with Gasteiger partial charge in [0.05, 0.1) is 17.8 Å². The maximum Gasteiger partial charge on any atom is 0.471 e. The molecule has 8 heteroatoms. The first-order chi connectivity index (χ1) is 17.3. The van der Waals surface area contributed by atoms with Gasteiger partial charge in [0.2, 0.25) is 0 Å². The molecule has 1 fully saturated rings. The van der Waals surface area contributed by atoms with Crippen molar-refractivity contribution >= 4 is 17.6 Å². The van der Waals surface area contributed by atoms with Crippen LogP contribution in [0.1, 0.15) is 65.2 Å². The quantitative estimate of drug-likeness (QED) is 0.347. The number of aromatic nitrogens is 1. The van der Waals surface area contributed by atoms with Gasteiger partial charge in [0, 0.05) is 11.9 Å². The fourth-order valence-corrected chi connectivity index (χ4v) is 4.39. The summed E-state index contributed by atoms with van der Waals surface area (Å²) in [6.45, 7) is -0.274. The Labute approximate surface area is 207 Å². The Morgan fingerprint density at radius 2 is 1.61 bits per heavy atom. The van der Waals surface area contributed by atoms with Gasteiger partial charge in [0.15, 0.2) is 0 Å². The fraction of sp³-hybridized carbons (Fsp3) is 0.321. The summed E-state index contributed by atoms with van der Waals surface area (Å²) in [6.07, 6.45) is 2.36. The molecule has 2 aromatic carbocycles. The standard InChI is InChI=1S/C28H27F3N2O3/c29-28(30,31)27(35)33(18-24-14-11-23(17-32-24)21-9-5-2-6-10-21)25-15-12-22(13-16-25)26(34)36-19-20-7-3-1-4-8-20/h1,3-4,7-8,11-17,21H,2,5-6,9-10,18-19H2. The number of pyridine rings is 1. The van der Waals surface area contributed by atoms with E-state index >= 15 is 0 Å². The predicted molar refractivity (Wildman–Crippen MR) is 129 cm³/mol. The number of alkyl halides is 3. The maximum absolute atomic E-state index is 13.4. The van der Waals surface area contributed by atoms with Crippen LogP contribution in [-0.4, -0.2) is 23.0 Å². The molecule has 0 spiro atoms. The number of ether oxygens (including phenoxy) is 1. The normalized spacial score (nSPS) is 14.3. The van der Waals surface area contributed by atoms with E-state index in [-0.39, 0.29) is 24.4 Å². The highest BCUT2D eigenvalue weighted by molar-refractivity contribution is 5.98. The highest BCUT2D eigenvalue weighted by Gasteiger charge is 2.43. The minimum Gasteiger partial charge on any atom is -0.457 e. The molecular formula is C28H27F3N2O3. The van der Waals surface area contributed by atoms with E-state index in [0.717, 1.165) is 36.8 Å². The molecule has 0 saturated heterocycles. The molecule has 188 valence electrons. The van der Waals surface area contributed by atoms with Crippen LogP contribution in [0.3, 0.4) is 0 Å². The molecule has 1 saturated carbocycles. The first kappa shape index (κ1) is 25.4. The van der Waals surface area contributed by atoms with Crippen LogP contribution in [0.4, 0.5) is 18.9 Å². The van der Waals surface area contributed by atoms with E-state index in [1.807, 2.05) is 36.4 Å². The third kappa shape index (κ3) is 6.50. The summed E-state index contributed by atoms with van der Waals surface area (Å²) < 4.78 is 45.4. The van der Waals surface area contributed by atoms with Crippen LogP contribution in [0, 0.1) is 0 Å². The van der Waals surface area contributed by atoms with Gasteiger partial charge >= 0.3 is 18.1 Å². The van der Waals surface area contributed by atoms with Gasteiger partial charge < -0.3 is 4.74 Å². The third-order valence-corrected chi connectivity index (χ3v) is 6.36. The fourth-order valence-electron chi connectivity index (χ4n) is 4.39. The molecule has 0 unspecified atom stereocenters. The molecule has 36 heavy (non-hydrogen) atoms. The van der Waals surface area contributed by atoms with Crippen LogP contribution < -0.4 is 4.90 Å². The number of hydrogen-bond donors (Lipinski definition) is 0. The Morgan fingerprint density at radius 3 is 2.22 bits per heavy atom. The van der Waals surface area contributed by atoms with Crippen molar-refractivity contribution in [3.05, 3.63) is 95.3 Å². The lowest BCUT2D eigenvalue weighted by molar-refractivity contribution is -0.170. The van der Waals surface area contributed by atoms with Crippen LogP contribution in [0.15, 0.2) is 72.9 Å². The summed E-state index contributed by atoms with van der Waals surface area (Å²) >= 11 is 0. The van der Waals surface area contributed by atoms with Crippen molar-refractivity contribution < 1.29 is 27.5 Å². The highest BCUT2D eigenvalue weighted by Crippen LogP contribution is 2.32. The molecule has 1 aromatic heterocycles. The molecule has 3 aromatic rings. The van der Waals surface area contributed by atoms with Crippen molar-refractivity contribution in [3.8, 4) is 0 Å².